The molecule has 0 atom stereocenters. The molecule has 2 aromatic carbocycles. The average molecular weight is 356 g/mol. The van der Waals surface area contributed by atoms with E-state index in [2.05, 4.69) is 17.0 Å². The minimum Gasteiger partial charge on any atom is -0.372 e. The zero-order valence-corrected chi connectivity index (χ0v) is 15.4. The summed E-state index contributed by atoms with van der Waals surface area (Å²) in [6.07, 6.45) is 3.28. The van der Waals surface area contributed by atoms with E-state index in [-0.39, 0.29) is 5.75 Å². The number of hydrogen-bond donors (Lipinski definition) is 0. The molecule has 2 aromatic rings. The number of sulfonamides is 1. The summed E-state index contributed by atoms with van der Waals surface area (Å²) < 4.78 is 27.5. The molecule has 0 spiro atoms. The molecule has 0 unspecified atom stereocenters. The molecule has 2 aliphatic rings. The van der Waals surface area contributed by atoms with E-state index in [1.54, 1.807) is 4.31 Å². The van der Waals surface area contributed by atoms with Gasteiger partial charge in [-0.15, -0.1) is 0 Å². The quantitative estimate of drug-likeness (QED) is 0.842. The molecular formula is C20H24N2O2S. The van der Waals surface area contributed by atoms with Gasteiger partial charge in [-0.3, -0.25) is 4.31 Å². The fourth-order valence-corrected chi connectivity index (χ4v) is 5.59. The van der Waals surface area contributed by atoms with Crippen LogP contribution in [-0.4, -0.2) is 28.1 Å². The van der Waals surface area contributed by atoms with Gasteiger partial charge in [-0.2, -0.15) is 0 Å². The second kappa shape index (κ2) is 6.37. The topological polar surface area (TPSA) is 40.6 Å². The van der Waals surface area contributed by atoms with Gasteiger partial charge in [-0.05, 0) is 61.1 Å². The molecule has 4 nitrogen and oxygen atoms in total. The summed E-state index contributed by atoms with van der Waals surface area (Å²) in [6, 6.07) is 14.0. The molecule has 2 aliphatic heterocycles. The van der Waals surface area contributed by atoms with Gasteiger partial charge >= 0.3 is 0 Å². The Morgan fingerprint density at radius 1 is 1.00 bits per heavy atom. The maximum atomic E-state index is 13.0. The molecule has 1 saturated heterocycles. The first kappa shape index (κ1) is 16.5. The molecule has 132 valence electrons. The number of benzene rings is 2. The highest BCUT2D eigenvalue weighted by Crippen LogP contribution is 2.35. The largest absolute Gasteiger partial charge is 0.372 e. The molecule has 0 aliphatic carbocycles. The first-order chi connectivity index (χ1) is 12.0. The lowest BCUT2D eigenvalue weighted by Crippen LogP contribution is -2.30. The third-order valence-electron chi connectivity index (χ3n) is 5.32. The highest BCUT2D eigenvalue weighted by molar-refractivity contribution is 7.92. The zero-order valence-electron chi connectivity index (χ0n) is 14.6. The summed E-state index contributed by atoms with van der Waals surface area (Å²) in [7, 11) is -3.36. The predicted molar refractivity (Wildman–Crippen MR) is 103 cm³/mol. The van der Waals surface area contributed by atoms with Crippen molar-refractivity contribution in [3.8, 4) is 0 Å². The van der Waals surface area contributed by atoms with Crippen LogP contribution in [0.5, 0.6) is 0 Å². The Hall–Kier alpha value is -2.01. The van der Waals surface area contributed by atoms with Crippen LogP contribution in [0.1, 0.15) is 29.5 Å². The Bertz CT molecular complexity index is 886. The summed E-state index contributed by atoms with van der Waals surface area (Å²) in [5.41, 5.74) is 5.14. The van der Waals surface area contributed by atoms with Gasteiger partial charge in [0.15, 0.2) is 0 Å². The van der Waals surface area contributed by atoms with Crippen LogP contribution in [0.15, 0.2) is 42.5 Å². The van der Waals surface area contributed by atoms with Crippen molar-refractivity contribution < 1.29 is 8.42 Å². The molecule has 0 N–H and O–H groups in total. The molecule has 5 heteroatoms. The molecule has 2 heterocycles. The van der Waals surface area contributed by atoms with Crippen LogP contribution < -0.4 is 9.21 Å². The van der Waals surface area contributed by atoms with Crippen molar-refractivity contribution in [1.82, 2.24) is 0 Å². The van der Waals surface area contributed by atoms with Crippen LogP contribution in [0.3, 0.4) is 0 Å². The highest BCUT2D eigenvalue weighted by atomic mass is 32.2. The standard InChI is InChI=1S/C20H24N2O2S/c1-16-6-2-3-7-18(16)15-25(23,24)22-13-10-17-14-19(8-9-20(17)22)21-11-4-5-12-21/h2-3,6-9,14H,4-5,10-13,15H2,1H3. The van der Waals surface area contributed by atoms with Crippen molar-refractivity contribution in [3.63, 3.8) is 0 Å². The SMILES string of the molecule is Cc1ccccc1CS(=O)(=O)N1CCc2cc(N3CCCC3)ccc21. The molecule has 0 amide bonds. The fraction of sp³-hybridized carbons (Fsp3) is 0.400. The van der Waals surface area contributed by atoms with Crippen molar-refractivity contribution in [2.24, 2.45) is 0 Å². The Labute approximate surface area is 150 Å². The van der Waals surface area contributed by atoms with Crippen LogP contribution in [0.2, 0.25) is 0 Å². The predicted octanol–water partition coefficient (Wildman–Crippen LogP) is 3.49. The van der Waals surface area contributed by atoms with Crippen molar-refractivity contribution in [2.75, 3.05) is 28.8 Å². The third-order valence-corrected chi connectivity index (χ3v) is 7.05. The van der Waals surface area contributed by atoms with Crippen molar-refractivity contribution in [3.05, 3.63) is 59.2 Å². The van der Waals surface area contributed by atoms with E-state index in [4.69, 9.17) is 0 Å². The van der Waals surface area contributed by atoms with Crippen LogP contribution in [0.4, 0.5) is 11.4 Å². The Kier molecular flexibility index (Phi) is 4.20. The van der Waals surface area contributed by atoms with Gasteiger partial charge in [-0.1, -0.05) is 24.3 Å². The second-order valence-corrected chi connectivity index (χ2v) is 8.91. The first-order valence-corrected chi connectivity index (χ1v) is 10.6. The maximum Gasteiger partial charge on any atom is 0.239 e. The number of nitrogens with zero attached hydrogens (tertiary/aromatic N) is 2. The lowest BCUT2D eigenvalue weighted by atomic mass is 10.1. The van der Waals surface area contributed by atoms with E-state index in [9.17, 15) is 8.42 Å². The highest BCUT2D eigenvalue weighted by Gasteiger charge is 2.30. The van der Waals surface area contributed by atoms with E-state index >= 15 is 0 Å². The zero-order chi connectivity index (χ0) is 17.4. The number of rotatable bonds is 4. The van der Waals surface area contributed by atoms with Crippen LogP contribution >= 0.6 is 0 Å². The van der Waals surface area contributed by atoms with Gasteiger partial charge in [0, 0.05) is 25.3 Å². The summed E-state index contributed by atoms with van der Waals surface area (Å²) in [6.45, 7) is 4.72. The van der Waals surface area contributed by atoms with Gasteiger partial charge in [-0.25, -0.2) is 8.42 Å². The number of fused-ring (bicyclic) bond motifs is 1. The Balaban J connectivity index is 1.60. The van der Waals surface area contributed by atoms with Gasteiger partial charge in [0.05, 0.1) is 11.4 Å². The maximum absolute atomic E-state index is 13.0. The van der Waals surface area contributed by atoms with Crippen molar-refractivity contribution in [1.29, 1.82) is 0 Å². The average Bonchev–Trinajstić information content (AvgIpc) is 3.25. The lowest BCUT2D eigenvalue weighted by Gasteiger charge is -2.22. The van der Waals surface area contributed by atoms with Gasteiger partial charge in [0.1, 0.15) is 0 Å². The van der Waals surface area contributed by atoms with Crippen molar-refractivity contribution >= 4 is 21.4 Å². The van der Waals surface area contributed by atoms with Crippen LogP contribution in [0.25, 0.3) is 0 Å². The molecule has 0 aromatic heterocycles. The van der Waals surface area contributed by atoms with Gasteiger partial charge in [0.2, 0.25) is 10.0 Å². The Morgan fingerprint density at radius 3 is 2.52 bits per heavy atom. The van der Waals surface area contributed by atoms with E-state index < -0.39 is 10.0 Å². The molecule has 0 saturated carbocycles. The smallest absolute Gasteiger partial charge is 0.239 e. The molecule has 0 radical (unpaired) electrons. The second-order valence-electron chi connectivity index (χ2n) is 7.01. The monoisotopic (exact) mass is 356 g/mol. The first-order valence-electron chi connectivity index (χ1n) is 8.97. The third kappa shape index (κ3) is 3.13. The van der Waals surface area contributed by atoms with Gasteiger partial charge < -0.3 is 4.90 Å². The molecule has 0 bridgehead atoms. The number of aryl methyl sites for hydroxylation is 1. The van der Waals surface area contributed by atoms with E-state index in [0.717, 1.165) is 41.9 Å². The summed E-state index contributed by atoms with van der Waals surface area (Å²) in [4.78, 5) is 2.39. The Morgan fingerprint density at radius 2 is 1.76 bits per heavy atom. The minimum absolute atomic E-state index is 0.0625. The molecular weight excluding hydrogens is 332 g/mol. The molecule has 4 rings (SSSR count). The normalized spacial score (nSPS) is 17.2. The number of anilines is 2. The fourth-order valence-electron chi connectivity index (χ4n) is 3.87. The van der Waals surface area contributed by atoms with E-state index in [1.807, 2.05) is 37.3 Å². The van der Waals surface area contributed by atoms with Crippen molar-refractivity contribution in [2.45, 2.75) is 31.9 Å². The minimum atomic E-state index is -3.36. The summed E-state index contributed by atoms with van der Waals surface area (Å²) in [5.74, 6) is 0.0625. The molecule has 1 fully saturated rings. The summed E-state index contributed by atoms with van der Waals surface area (Å²) in [5, 5.41) is 0. The van der Waals surface area contributed by atoms with Gasteiger partial charge in [0.25, 0.3) is 0 Å². The van der Waals surface area contributed by atoms with Crippen LogP contribution in [0, 0.1) is 6.92 Å². The van der Waals surface area contributed by atoms with E-state index in [0.29, 0.717) is 6.54 Å². The van der Waals surface area contributed by atoms with Crippen LogP contribution in [-0.2, 0) is 22.2 Å². The summed E-state index contributed by atoms with van der Waals surface area (Å²) >= 11 is 0. The van der Waals surface area contributed by atoms with E-state index in [1.165, 1.54) is 18.5 Å². The number of hydrogen-bond acceptors (Lipinski definition) is 3. The lowest BCUT2D eigenvalue weighted by molar-refractivity contribution is 0.591. The molecule has 25 heavy (non-hydrogen) atoms.